The van der Waals surface area contributed by atoms with Crippen molar-refractivity contribution in [3.8, 4) is 5.82 Å². The lowest BCUT2D eigenvalue weighted by Crippen LogP contribution is -2.15. The van der Waals surface area contributed by atoms with E-state index in [9.17, 15) is 4.79 Å². The van der Waals surface area contributed by atoms with Crippen molar-refractivity contribution in [1.82, 2.24) is 25.0 Å². The molecular formula is C15H14N6O. The summed E-state index contributed by atoms with van der Waals surface area (Å²) in [7, 11) is 0. The van der Waals surface area contributed by atoms with Crippen LogP contribution >= 0.6 is 0 Å². The number of benzene rings is 1. The molecule has 0 aliphatic heterocycles. The normalized spacial score (nSPS) is 10.5. The van der Waals surface area contributed by atoms with Crippen molar-refractivity contribution in [1.29, 1.82) is 0 Å². The van der Waals surface area contributed by atoms with Crippen molar-refractivity contribution in [3.05, 3.63) is 59.8 Å². The standard InChI is InChI=1S/C15H14N6O/c1-10-3-4-11(2)13(7-10)18-15(22)12-5-6-14(20-19-12)21-9-16-8-17-21/h3-9H,1-2H3,(H,18,22). The van der Waals surface area contributed by atoms with Crippen LogP contribution in [0.5, 0.6) is 0 Å². The highest BCUT2D eigenvalue weighted by Gasteiger charge is 2.11. The van der Waals surface area contributed by atoms with Crippen LogP contribution in [0.1, 0.15) is 21.6 Å². The zero-order chi connectivity index (χ0) is 15.5. The van der Waals surface area contributed by atoms with Gasteiger partial charge in [-0.3, -0.25) is 4.79 Å². The monoisotopic (exact) mass is 294 g/mol. The molecule has 1 N–H and O–H groups in total. The predicted octanol–water partition coefficient (Wildman–Crippen LogP) is 1.93. The summed E-state index contributed by atoms with van der Waals surface area (Å²) < 4.78 is 1.47. The second-order valence-corrected chi connectivity index (χ2v) is 4.89. The van der Waals surface area contributed by atoms with Crippen molar-refractivity contribution >= 4 is 11.6 Å². The first-order chi connectivity index (χ1) is 10.6. The number of amides is 1. The lowest BCUT2D eigenvalue weighted by Gasteiger charge is -2.08. The van der Waals surface area contributed by atoms with Gasteiger partial charge in [0, 0.05) is 5.69 Å². The molecule has 0 spiro atoms. The number of aromatic nitrogens is 5. The van der Waals surface area contributed by atoms with Gasteiger partial charge in [-0.25, -0.2) is 9.67 Å². The molecule has 0 aliphatic rings. The molecule has 1 aromatic carbocycles. The Kier molecular flexibility index (Phi) is 3.61. The highest BCUT2D eigenvalue weighted by Crippen LogP contribution is 2.17. The Hall–Kier alpha value is -3.09. The molecule has 3 rings (SSSR count). The van der Waals surface area contributed by atoms with Gasteiger partial charge in [0.15, 0.2) is 11.5 Å². The number of aryl methyl sites for hydroxylation is 2. The third kappa shape index (κ3) is 2.83. The van der Waals surface area contributed by atoms with E-state index in [-0.39, 0.29) is 11.6 Å². The summed E-state index contributed by atoms with van der Waals surface area (Å²) in [6, 6.07) is 9.15. The van der Waals surface area contributed by atoms with E-state index in [0.29, 0.717) is 5.82 Å². The lowest BCUT2D eigenvalue weighted by atomic mass is 10.1. The molecule has 0 saturated heterocycles. The average Bonchev–Trinajstić information content (AvgIpc) is 3.05. The molecule has 7 nitrogen and oxygen atoms in total. The van der Waals surface area contributed by atoms with Crippen LogP contribution in [-0.4, -0.2) is 30.9 Å². The number of nitrogens with one attached hydrogen (secondary N) is 1. The maximum atomic E-state index is 12.2. The first-order valence-electron chi connectivity index (χ1n) is 6.71. The van der Waals surface area contributed by atoms with Crippen LogP contribution < -0.4 is 5.32 Å². The molecule has 7 heteroatoms. The number of hydrogen-bond donors (Lipinski definition) is 1. The second kappa shape index (κ2) is 5.72. The average molecular weight is 294 g/mol. The molecule has 110 valence electrons. The second-order valence-electron chi connectivity index (χ2n) is 4.89. The SMILES string of the molecule is Cc1ccc(C)c(NC(=O)c2ccc(-n3cncn3)nn2)c1. The lowest BCUT2D eigenvalue weighted by molar-refractivity contribution is 0.102. The van der Waals surface area contributed by atoms with Crippen LogP contribution in [0.25, 0.3) is 5.82 Å². The highest BCUT2D eigenvalue weighted by atomic mass is 16.1. The summed E-state index contributed by atoms with van der Waals surface area (Å²) in [6.07, 6.45) is 2.92. The molecule has 0 radical (unpaired) electrons. The van der Waals surface area contributed by atoms with Crippen molar-refractivity contribution in [2.45, 2.75) is 13.8 Å². The number of anilines is 1. The van der Waals surface area contributed by atoms with Crippen LogP contribution in [0.4, 0.5) is 5.69 Å². The summed E-state index contributed by atoms with van der Waals surface area (Å²) in [4.78, 5) is 16.1. The Morgan fingerprint density at radius 1 is 1.14 bits per heavy atom. The topological polar surface area (TPSA) is 85.6 Å². The third-order valence-corrected chi connectivity index (χ3v) is 3.18. The summed E-state index contributed by atoms with van der Waals surface area (Å²) in [5.41, 5.74) is 3.08. The van der Waals surface area contributed by atoms with Crippen LogP contribution in [0, 0.1) is 13.8 Å². The van der Waals surface area contributed by atoms with E-state index in [4.69, 9.17) is 0 Å². The van der Waals surface area contributed by atoms with Crippen LogP contribution in [0.2, 0.25) is 0 Å². The Morgan fingerprint density at radius 3 is 2.68 bits per heavy atom. The summed E-state index contributed by atoms with van der Waals surface area (Å²) in [5.74, 6) is 0.201. The van der Waals surface area contributed by atoms with Gasteiger partial charge >= 0.3 is 0 Å². The molecule has 0 saturated carbocycles. The van der Waals surface area contributed by atoms with Crippen LogP contribution in [0.3, 0.4) is 0 Å². The van der Waals surface area contributed by atoms with E-state index in [2.05, 4.69) is 25.6 Å². The number of rotatable bonds is 3. The van der Waals surface area contributed by atoms with Crippen molar-refractivity contribution in [2.24, 2.45) is 0 Å². The molecule has 1 amide bonds. The maximum Gasteiger partial charge on any atom is 0.276 e. The molecule has 0 bridgehead atoms. The fourth-order valence-corrected chi connectivity index (χ4v) is 1.95. The third-order valence-electron chi connectivity index (χ3n) is 3.18. The van der Waals surface area contributed by atoms with Crippen molar-refractivity contribution < 1.29 is 4.79 Å². The van der Waals surface area contributed by atoms with Gasteiger partial charge in [-0.2, -0.15) is 5.10 Å². The zero-order valence-corrected chi connectivity index (χ0v) is 12.2. The minimum atomic E-state index is -0.300. The maximum absolute atomic E-state index is 12.2. The van der Waals surface area contributed by atoms with Gasteiger partial charge in [-0.1, -0.05) is 12.1 Å². The van der Waals surface area contributed by atoms with E-state index < -0.39 is 0 Å². The Bertz CT molecular complexity index is 795. The van der Waals surface area contributed by atoms with Crippen molar-refractivity contribution in [2.75, 3.05) is 5.32 Å². The van der Waals surface area contributed by atoms with Gasteiger partial charge in [0.2, 0.25) is 0 Å². The van der Waals surface area contributed by atoms with Gasteiger partial charge in [0.25, 0.3) is 5.91 Å². The summed E-state index contributed by atoms with van der Waals surface area (Å²) in [6.45, 7) is 3.91. The van der Waals surface area contributed by atoms with Crippen molar-refractivity contribution in [3.63, 3.8) is 0 Å². The molecule has 0 aliphatic carbocycles. The number of hydrogen-bond acceptors (Lipinski definition) is 5. The van der Waals surface area contributed by atoms with Gasteiger partial charge in [-0.15, -0.1) is 10.2 Å². The molecule has 0 unspecified atom stereocenters. The van der Waals surface area contributed by atoms with Gasteiger partial charge < -0.3 is 5.32 Å². The molecule has 22 heavy (non-hydrogen) atoms. The molecule has 0 atom stereocenters. The Labute approximate surface area is 127 Å². The van der Waals surface area contributed by atoms with Gasteiger partial charge in [0.05, 0.1) is 0 Å². The molecule has 0 fully saturated rings. The molecular weight excluding hydrogens is 280 g/mol. The van der Waals surface area contributed by atoms with Crippen LogP contribution in [-0.2, 0) is 0 Å². The fraction of sp³-hybridized carbons (Fsp3) is 0.133. The first-order valence-corrected chi connectivity index (χ1v) is 6.71. The van der Waals surface area contributed by atoms with Gasteiger partial charge in [0.1, 0.15) is 12.7 Å². The minimum absolute atomic E-state index is 0.241. The Morgan fingerprint density at radius 2 is 2.00 bits per heavy atom. The van der Waals surface area contributed by atoms with E-state index in [1.807, 2.05) is 32.0 Å². The Balaban J connectivity index is 1.79. The first kappa shape index (κ1) is 13.9. The molecule has 2 heterocycles. The molecule has 3 aromatic rings. The highest BCUT2D eigenvalue weighted by molar-refractivity contribution is 6.03. The number of carbonyl (C=O) groups excluding carboxylic acids is 1. The fourth-order valence-electron chi connectivity index (χ4n) is 1.95. The van der Waals surface area contributed by atoms with E-state index in [0.717, 1.165) is 16.8 Å². The predicted molar refractivity (Wildman–Crippen MR) is 80.8 cm³/mol. The molecule has 2 aromatic heterocycles. The smallest absolute Gasteiger partial charge is 0.276 e. The van der Waals surface area contributed by atoms with E-state index in [1.54, 1.807) is 12.1 Å². The minimum Gasteiger partial charge on any atom is -0.320 e. The van der Waals surface area contributed by atoms with Gasteiger partial charge in [-0.05, 0) is 43.2 Å². The number of nitrogens with zero attached hydrogens (tertiary/aromatic N) is 5. The van der Waals surface area contributed by atoms with E-state index in [1.165, 1.54) is 17.3 Å². The van der Waals surface area contributed by atoms with Crippen LogP contribution in [0.15, 0.2) is 43.0 Å². The number of carbonyl (C=O) groups is 1. The quantitative estimate of drug-likeness (QED) is 0.797. The summed E-state index contributed by atoms with van der Waals surface area (Å²) >= 11 is 0. The largest absolute Gasteiger partial charge is 0.320 e. The van der Waals surface area contributed by atoms with E-state index >= 15 is 0 Å². The summed E-state index contributed by atoms with van der Waals surface area (Å²) in [5, 5.41) is 14.7. The zero-order valence-electron chi connectivity index (χ0n) is 12.2.